The Morgan fingerprint density at radius 1 is 1.78 bits per heavy atom. The molecule has 6 heteroatoms. The van der Waals surface area contributed by atoms with Crippen LogP contribution < -0.4 is 34.2 Å². The van der Waals surface area contributed by atoms with Crippen molar-refractivity contribution in [1.82, 2.24) is 0 Å². The fraction of sp³-hybridized carbons (Fsp3) is 0.333. The van der Waals surface area contributed by atoms with E-state index in [1.807, 2.05) is 0 Å². The van der Waals surface area contributed by atoms with Crippen LogP contribution in [-0.4, -0.2) is 17.8 Å². The van der Waals surface area contributed by atoms with Gasteiger partial charge in [-0.2, -0.15) is 0 Å². The van der Waals surface area contributed by atoms with Gasteiger partial charge < -0.3 is 4.66 Å². The van der Waals surface area contributed by atoms with Gasteiger partial charge in [0.25, 0.3) is 0 Å². The van der Waals surface area contributed by atoms with E-state index in [4.69, 9.17) is 4.66 Å². The quantitative estimate of drug-likeness (QED) is 0.288. The monoisotopic (exact) mass is 175 g/mol. The number of ketones is 1. The third kappa shape index (κ3) is 6.83. The molecule has 0 aromatic heterocycles. The molecule has 1 aliphatic heterocycles. The number of hydrogen-bond acceptors (Lipinski definition) is 4. The summed E-state index contributed by atoms with van der Waals surface area (Å²) in [6.07, 6.45) is 1.35. The Balaban J connectivity index is 0. The molecule has 0 amide bonds. The molecule has 0 bridgehead atoms. The molecule has 0 saturated heterocycles. The second-order valence-electron chi connectivity index (χ2n) is 0.974. The smallest absolute Gasteiger partial charge is 0.769 e. The van der Waals surface area contributed by atoms with Gasteiger partial charge in [0.1, 0.15) is 0 Å². The number of rotatable bonds is 0. The van der Waals surface area contributed by atoms with Crippen LogP contribution in [0.2, 0.25) is 0 Å². The average molecular weight is 176 g/mol. The van der Waals surface area contributed by atoms with Gasteiger partial charge in [-0.15, -0.1) is 0 Å². The minimum atomic E-state index is 0. The zero-order chi connectivity index (χ0) is 6.41. The molecule has 3 nitrogen and oxygen atoms in total. The van der Waals surface area contributed by atoms with E-state index in [1.165, 1.54) is 18.2 Å². The van der Waals surface area contributed by atoms with Crippen molar-refractivity contribution in [1.29, 1.82) is 0 Å². The van der Waals surface area contributed by atoms with E-state index in [0.29, 0.717) is 5.75 Å². The maximum Gasteiger partial charge on any atom is 1.00 e. The molecule has 0 atom stereocenters. The molecule has 0 aromatic rings. The minimum Gasteiger partial charge on any atom is -0.769 e. The molecule has 9 heavy (non-hydrogen) atoms. The van der Waals surface area contributed by atoms with Crippen LogP contribution in [0.3, 0.4) is 0 Å². The van der Waals surface area contributed by atoms with E-state index in [1.54, 1.807) is 0 Å². The van der Waals surface area contributed by atoms with Crippen molar-refractivity contribution in [2.45, 2.75) is 0 Å². The first-order chi connectivity index (χ1) is 3.89. The van der Waals surface area contributed by atoms with Crippen molar-refractivity contribution < 1.29 is 39.0 Å². The van der Waals surface area contributed by atoms with Crippen LogP contribution in [0, 0.1) is 0 Å². The summed E-state index contributed by atoms with van der Waals surface area (Å²) in [7, 11) is 0. The molecule has 0 fully saturated rings. The van der Waals surface area contributed by atoms with Crippen molar-refractivity contribution in [3.8, 4) is 0 Å². The molecule has 1 aliphatic rings. The summed E-state index contributed by atoms with van der Waals surface area (Å²) in [6.45, 7) is 0. The van der Waals surface area contributed by atoms with Gasteiger partial charge in [-0.05, 0) is 11.9 Å². The number of carbonyl (C=O) groups excluding carboxylic acids is 1. The fourth-order valence-corrected chi connectivity index (χ4v) is 0.703. The fourth-order valence-electron chi connectivity index (χ4n) is 0.234. The SMILES string of the molecule is O=C1C=NSC1.[Na+].[O-]Cl. The third-order valence-corrected chi connectivity index (χ3v) is 1.15. The predicted molar refractivity (Wildman–Crippen MR) is 31.8 cm³/mol. The zero-order valence-corrected chi connectivity index (χ0v) is 8.41. The van der Waals surface area contributed by atoms with Gasteiger partial charge in [0, 0.05) is 0 Å². The second-order valence-corrected chi connectivity index (χ2v) is 1.73. The van der Waals surface area contributed by atoms with Gasteiger partial charge in [-0.1, -0.05) is 0 Å². The predicted octanol–water partition coefficient (Wildman–Crippen LogP) is -3.21. The second kappa shape index (κ2) is 8.94. The van der Waals surface area contributed by atoms with Crippen LogP contribution in [-0.2, 0) is 4.79 Å². The van der Waals surface area contributed by atoms with E-state index >= 15 is 0 Å². The molecule has 0 saturated carbocycles. The topological polar surface area (TPSA) is 52.5 Å². The minimum absolute atomic E-state index is 0. The van der Waals surface area contributed by atoms with E-state index in [-0.39, 0.29) is 35.3 Å². The van der Waals surface area contributed by atoms with Gasteiger partial charge in [-0.25, -0.2) is 16.3 Å². The number of Topliss-reactive ketones (excluding diaryl/α,β-unsaturated/α-hetero) is 1. The first kappa shape index (κ1) is 12.6. The normalized spacial score (nSPS) is 13.8. The summed E-state index contributed by atoms with van der Waals surface area (Å²) in [4.78, 5) is 10.1. The number of carbonyl (C=O) groups is 1. The first-order valence-corrected chi connectivity index (χ1v) is 2.98. The van der Waals surface area contributed by atoms with Crippen molar-refractivity contribution in [2.24, 2.45) is 4.40 Å². The summed E-state index contributed by atoms with van der Waals surface area (Å²) in [5.74, 6) is 0.667. The summed E-state index contributed by atoms with van der Waals surface area (Å²) in [6, 6.07) is 0. The van der Waals surface area contributed by atoms with Crippen LogP contribution in [0.15, 0.2) is 4.40 Å². The molecule has 0 aliphatic carbocycles. The molecule has 0 aromatic carbocycles. The molecule has 46 valence electrons. The molecule has 1 rings (SSSR count). The van der Waals surface area contributed by atoms with Crippen LogP contribution in [0.1, 0.15) is 0 Å². The maximum atomic E-state index is 10.1. The van der Waals surface area contributed by atoms with E-state index in [2.05, 4.69) is 16.3 Å². The molecule has 0 N–H and O–H groups in total. The Hall–Kier alpha value is 0.940. The molecule has 1 heterocycles. The van der Waals surface area contributed by atoms with Gasteiger partial charge in [-0.3, -0.25) is 4.79 Å². The summed E-state index contributed by atoms with van der Waals surface area (Å²) < 4.78 is 11.3. The Bertz CT molecular complexity index is 110. The Labute approximate surface area is 84.5 Å². The summed E-state index contributed by atoms with van der Waals surface area (Å²) in [5, 5.41) is 0. The van der Waals surface area contributed by atoms with Crippen LogP contribution in [0.4, 0.5) is 0 Å². The number of nitrogens with zero attached hydrogens (tertiary/aromatic N) is 1. The number of hydrogen-bond donors (Lipinski definition) is 0. The molecule has 0 unspecified atom stereocenters. The van der Waals surface area contributed by atoms with Gasteiger partial charge in [0.05, 0.1) is 12.0 Å². The zero-order valence-electron chi connectivity index (χ0n) is 4.83. The Morgan fingerprint density at radius 3 is 2.44 bits per heavy atom. The number of halogens is 1. The Kier molecular flexibility index (Phi) is 12.5. The summed E-state index contributed by atoms with van der Waals surface area (Å²) >= 11 is 4.69. The third-order valence-electron chi connectivity index (χ3n) is 0.478. The van der Waals surface area contributed by atoms with Crippen molar-refractivity contribution in [2.75, 3.05) is 5.75 Å². The molecular weight excluding hydrogens is 173 g/mol. The van der Waals surface area contributed by atoms with Crippen molar-refractivity contribution >= 4 is 35.8 Å². The Morgan fingerprint density at radius 2 is 2.33 bits per heavy atom. The van der Waals surface area contributed by atoms with Gasteiger partial charge in [0.15, 0.2) is 5.78 Å². The standard InChI is InChI=1S/C3H3NOS.ClO.Na/c5-3-1-4-6-2-3;1-2;/h1H,2H2;;/q;-1;+1. The van der Waals surface area contributed by atoms with E-state index in [9.17, 15) is 4.79 Å². The van der Waals surface area contributed by atoms with Gasteiger partial charge >= 0.3 is 29.6 Å². The van der Waals surface area contributed by atoms with Crippen LogP contribution in [0.5, 0.6) is 0 Å². The van der Waals surface area contributed by atoms with E-state index in [0.717, 1.165) is 0 Å². The van der Waals surface area contributed by atoms with Gasteiger partial charge in [0.2, 0.25) is 0 Å². The maximum absolute atomic E-state index is 10.1. The van der Waals surface area contributed by atoms with Crippen molar-refractivity contribution in [3.63, 3.8) is 0 Å². The first-order valence-electron chi connectivity index (χ1n) is 1.73. The van der Waals surface area contributed by atoms with Crippen LogP contribution >= 0.6 is 23.8 Å². The summed E-state index contributed by atoms with van der Waals surface area (Å²) in [5.41, 5.74) is 0. The van der Waals surface area contributed by atoms with Crippen LogP contribution in [0.25, 0.3) is 0 Å². The molecular formula is C3H3ClNNaO2S. The average Bonchev–Trinajstić information content (AvgIpc) is 2.24. The molecule has 0 radical (unpaired) electrons. The largest absolute Gasteiger partial charge is 1.00 e. The van der Waals surface area contributed by atoms with Crippen molar-refractivity contribution in [3.05, 3.63) is 0 Å². The molecule has 0 spiro atoms. The van der Waals surface area contributed by atoms with E-state index < -0.39 is 0 Å².